The Balaban J connectivity index is 1.91. The lowest BCUT2D eigenvalue weighted by Gasteiger charge is -2.23. The van der Waals surface area contributed by atoms with Gasteiger partial charge in [-0.2, -0.15) is 5.26 Å². The number of hydrazine groups is 1. The average Bonchev–Trinajstić information content (AvgIpc) is 3.04. The predicted molar refractivity (Wildman–Crippen MR) is 69.4 cm³/mol. The normalized spacial score (nSPS) is 24.8. The highest BCUT2D eigenvalue weighted by molar-refractivity contribution is 7.17. The van der Waals surface area contributed by atoms with Crippen LogP contribution >= 0.6 is 11.3 Å². The Bertz CT molecular complexity index is 629. The molecule has 1 aromatic rings. The second-order valence-electron chi connectivity index (χ2n) is 4.14. The molecule has 1 saturated heterocycles. The molecule has 8 heteroatoms. The minimum Gasteiger partial charge on any atom is -0.290 e. The number of fused-ring (bicyclic) bond motifs is 1. The number of nitrogens with zero attached hydrogens (tertiary/aromatic N) is 4. The Labute approximate surface area is 112 Å². The Morgan fingerprint density at radius 3 is 3.16 bits per heavy atom. The van der Waals surface area contributed by atoms with Crippen LogP contribution in [0, 0.1) is 27.4 Å². The molecule has 0 radical (unpaired) electrons. The first-order valence-electron chi connectivity index (χ1n) is 5.61. The zero-order chi connectivity index (χ0) is 13.4. The third-order valence-corrected chi connectivity index (χ3v) is 4.05. The molecule has 2 atom stereocenters. The summed E-state index contributed by atoms with van der Waals surface area (Å²) < 4.78 is 0. The molecule has 0 bridgehead atoms. The van der Waals surface area contributed by atoms with E-state index in [1.807, 2.05) is 6.20 Å². The second-order valence-corrected chi connectivity index (χ2v) is 5.21. The van der Waals surface area contributed by atoms with Crippen LogP contribution in [0.4, 0.5) is 5.00 Å². The Morgan fingerprint density at radius 1 is 1.63 bits per heavy atom. The highest BCUT2D eigenvalue weighted by atomic mass is 32.1. The van der Waals surface area contributed by atoms with Gasteiger partial charge in [0.1, 0.15) is 5.92 Å². The fourth-order valence-corrected chi connectivity index (χ4v) is 2.84. The summed E-state index contributed by atoms with van der Waals surface area (Å²) in [7, 11) is 0. The molecule has 19 heavy (non-hydrogen) atoms. The highest BCUT2D eigenvalue weighted by Gasteiger charge is 2.34. The highest BCUT2D eigenvalue weighted by Crippen LogP contribution is 2.28. The molecule has 1 N–H and O–H groups in total. The molecule has 1 aromatic heterocycles. The van der Waals surface area contributed by atoms with Gasteiger partial charge in [0.2, 0.25) is 0 Å². The van der Waals surface area contributed by atoms with Gasteiger partial charge < -0.3 is 0 Å². The number of nitrogens with one attached hydrogen (secondary N) is 1. The standard InChI is InChI=1S/C11H9N5O2S/c12-5-7-6-13-15-4-3-8(14-11(7)15)9-1-2-10(19-9)16(17)18/h1-4,7,11,13H,6H2. The molecule has 1 fully saturated rings. The van der Waals surface area contributed by atoms with E-state index < -0.39 is 4.92 Å². The quantitative estimate of drug-likeness (QED) is 0.647. The molecule has 3 heterocycles. The van der Waals surface area contributed by atoms with Crippen molar-refractivity contribution in [2.45, 2.75) is 6.17 Å². The van der Waals surface area contributed by atoms with Crippen LogP contribution in [0.1, 0.15) is 4.88 Å². The van der Waals surface area contributed by atoms with Gasteiger partial charge in [0.05, 0.1) is 21.6 Å². The molecular weight excluding hydrogens is 266 g/mol. The molecule has 2 unspecified atom stereocenters. The number of nitriles is 1. The first kappa shape index (κ1) is 11.8. The topological polar surface area (TPSA) is 94.6 Å². The summed E-state index contributed by atoms with van der Waals surface area (Å²) in [6.45, 7) is 0.562. The minimum atomic E-state index is -0.414. The van der Waals surface area contributed by atoms with Crippen LogP contribution in [0.15, 0.2) is 29.4 Å². The lowest BCUT2D eigenvalue weighted by atomic mass is 10.1. The summed E-state index contributed by atoms with van der Waals surface area (Å²) in [5.41, 5.74) is 3.75. The van der Waals surface area contributed by atoms with Crippen molar-refractivity contribution in [2.24, 2.45) is 10.9 Å². The Hall–Kier alpha value is -2.24. The van der Waals surface area contributed by atoms with Gasteiger partial charge in [-0.1, -0.05) is 11.3 Å². The van der Waals surface area contributed by atoms with E-state index in [2.05, 4.69) is 16.5 Å². The third kappa shape index (κ3) is 1.99. The number of hydrogen-bond donors (Lipinski definition) is 1. The van der Waals surface area contributed by atoms with E-state index >= 15 is 0 Å². The van der Waals surface area contributed by atoms with Crippen LogP contribution in [0.3, 0.4) is 0 Å². The largest absolute Gasteiger partial charge is 0.324 e. The van der Waals surface area contributed by atoms with E-state index in [0.717, 1.165) is 16.2 Å². The van der Waals surface area contributed by atoms with E-state index in [1.54, 1.807) is 17.2 Å². The van der Waals surface area contributed by atoms with Gasteiger partial charge in [0, 0.05) is 18.8 Å². The summed E-state index contributed by atoms with van der Waals surface area (Å²) in [6.07, 6.45) is 3.35. The molecular formula is C11H9N5O2S. The number of thiophene rings is 1. The zero-order valence-corrected chi connectivity index (χ0v) is 10.5. The Kier molecular flexibility index (Phi) is 2.77. The van der Waals surface area contributed by atoms with Gasteiger partial charge >= 0.3 is 5.00 Å². The third-order valence-electron chi connectivity index (χ3n) is 2.99. The van der Waals surface area contributed by atoms with Crippen LogP contribution in [-0.4, -0.2) is 28.4 Å². The van der Waals surface area contributed by atoms with Crippen LogP contribution in [0.2, 0.25) is 0 Å². The van der Waals surface area contributed by atoms with Gasteiger partial charge in [-0.25, -0.2) is 5.43 Å². The summed E-state index contributed by atoms with van der Waals surface area (Å²) >= 11 is 1.09. The zero-order valence-electron chi connectivity index (χ0n) is 9.68. The van der Waals surface area contributed by atoms with Gasteiger partial charge in [-0.05, 0) is 12.1 Å². The lowest BCUT2D eigenvalue weighted by molar-refractivity contribution is -0.380. The average molecular weight is 275 g/mol. The fraction of sp³-hybridized carbons (Fsp3) is 0.273. The molecule has 3 rings (SSSR count). The van der Waals surface area contributed by atoms with Crippen LogP contribution in [0.25, 0.3) is 0 Å². The van der Waals surface area contributed by atoms with Crippen molar-refractivity contribution in [3.63, 3.8) is 0 Å². The van der Waals surface area contributed by atoms with Crippen molar-refractivity contribution in [1.82, 2.24) is 10.4 Å². The van der Waals surface area contributed by atoms with E-state index in [1.165, 1.54) is 6.07 Å². The van der Waals surface area contributed by atoms with Crippen molar-refractivity contribution < 1.29 is 4.92 Å². The number of rotatable bonds is 2. The summed E-state index contributed by atoms with van der Waals surface area (Å²) in [6, 6.07) is 5.36. The molecule has 2 aliphatic rings. The first-order valence-corrected chi connectivity index (χ1v) is 6.43. The molecule has 0 aromatic carbocycles. The first-order chi connectivity index (χ1) is 9.19. The molecule has 7 nitrogen and oxygen atoms in total. The second kappa shape index (κ2) is 4.46. The van der Waals surface area contributed by atoms with Crippen molar-refractivity contribution >= 4 is 22.0 Å². The maximum Gasteiger partial charge on any atom is 0.324 e. The van der Waals surface area contributed by atoms with E-state index in [9.17, 15) is 10.1 Å². The van der Waals surface area contributed by atoms with Gasteiger partial charge in [-0.3, -0.25) is 20.1 Å². The molecule has 0 amide bonds. The summed E-state index contributed by atoms with van der Waals surface area (Å²) in [5, 5.41) is 21.6. The summed E-state index contributed by atoms with van der Waals surface area (Å²) in [5.74, 6) is -0.213. The SMILES string of the molecule is N#CC1CNN2C=CC(c3ccc([N+](=O)[O-])s3)=NC12. The van der Waals surface area contributed by atoms with Crippen molar-refractivity contribution in [3.05, 3.63) is 39.4 Å². The number of allylic oxidation sites excluding steroid dienone is 1. The van der Waals surface area contributed by atoms with Crippen molar-refractivity contribution in [1.29, 1.82) is 5.26 Å². The number of hydrogen-bond acceptors (Lipinski definition) is 7. The van der Waals surface area contributed by atoms with Crippen molar-refractivity contribution in [3.8, 4) is 6.07 Å². The molecule has 2 aliphatic heterocycles. The Morgan fingerprint density at radius 2 is 2.47 bits per heavy atom. The fourth-order valence-electron chi connectivity index (χ4n) is 2.05. The van der Waals surface area contributed by atoms with Gasteiger partial charge in [-0.15, -0.1) is 0 Å². The molecule has 0 spiro atoms. The van der Waals surface area contributed by atoms with Crippen molar-refractivity contribution in [2.75, 3.05) is 6.54 Å². The molecule has 96 valence electrons. The van der Waals surface area contributed by atoms with E-state index in [4.69, 9.17) is 5.26 Å². The van der Waals surface area contributed by atoms with Crippen LogP contribution < -0.4 is 5.43 Å². The smallest absolute Gasteiger partial charge is 0.290 e. The summed E-state index contributed by atoms with van der Waals surface area (Å²) in [4.78, 5) is 15.5. The maximum atomic E-state index is 10.7. The molecule has 0 saturated carbocycles. The lowest BCUT2D eigenvalue weighted by Crippen LogP contribution is -2.35. The van der Waals surface area contributed by atoms with Crippen LogP contribution in [-0.2, 0) is 0 Å². The van der Waals surface area contributed by atoms with Gasteiger partial charge in [0.15, 0.2) is 6.17 Å². The number of aliphatic imine (C=N–C) groups is 1. The molecule has 0 aliphatic carbocycles. The van der Waals surface area contributed by atoms with Crippen LogP contribution in [0.5, 0.6) is 0 Å². The monoisotopic (exact) mass is 275 g/mol. The number of nitro groups is 1. The maximum absolute atomic E-state index is 10.7. The predicted octanol–water partition coefficient (Wildman–Crippen LogP) is 1.26. The van der Waals surface area contributed by atoms with E-state index in [-0.39, 0.29) is 17.1 Å². The van der Waals surface area contributed by atoms with E-state index in [0.29, 0.717) is 12.3 Å². The minimum absolute atomic E-state index is 0.0925. The van der Waals surface area contributed by atoms with Gasteiger partial charge in [0.25, 0.3) is 0 Å².